The van der Waals surface area contributed by atoms with E-state index in [2.05, 4.69) is 25.5 Å². The van der Waals surface area contributed by atoms with Crippen LogP contribution in [0.15, 0.2) is 18.6 Å². The Kier molecular flexibility index (Phi) is 3.48. The van der Waals surface area contributed by atoms with E-state index in [0.29, 0.717) is 23.3 Å². The van der Waals surface area contributed by atoms with Crippen molar-refractivity contribution in [1.82, 2.24) is 34.8 Å². The zero-order chi connectivity index (χ0) is 17.7. The zero-order valence-electron chi connectivity index (χ0n) is 13.5. The van der Waals surface area contributed by atoms with Gasteiger partial charge in [0.2, 0.25) is 0 Å². The quantitative estimate of drug-likeness (QED) is 0.782. The molecule has 25 heavy (non-hydrogen) atoms. The van der Waals surface area contributed by atoms with Crippen molar-refractivity contribution in [3.8, 4) is 0 Å². The van der Waals surface area contributed by atoms with Crippen molar-refractivity contribution < 1.29 is 13.6 Å². The van der Waals surface area contributed by atoms with E-state index in [4.69, 9.17) is 0 Å². The monoisotopic (exact) mass is 347 g/mol. The molecule has 130 valence electrons. The van der Waals surface area contributed by atoms with Gasteiger partial charge < -0.3 is 5.32 Å². The molecule has 2 atom stereocenters. The van der Waals surface area contributed by atoms with E-state index in [1.54, 1.807) is 11.7 Å². The molecular formula is C15H15F2N7O. The zero-order valence-corrected chi connectivity index (χ0v) is 13.5. The van der Waals surface area contributed by atoms with Crippen LogP contribution in [0.2, 0.25) is 0 Å². The van der Waals surface area contributed by atoms with Crippen molar-refractivity contribution in [3.05, 3.63) is 35.7 Å². The van der Waals surface area contributed by atoms with Gasteiger partial charge in [-0.1, -0.05) is 0 Å². The number of alkyl halides is 2. The first kappa shape index (κ1) is 15.6. The summed E-state index contributed by atoms with van der Waals surface area (Å²) >= 11 is 0. The van der Waals surface area contributed by atoms with Gasteiger partial charge in [0.05, 0.1) is 29.4 Å². The summed E-state index contributed by atoms with van der Waals surface area (Å²) in [5.41, 5.74) is 0.128. The number of aryl methyl sites for hydroxylation is 1. The lowest BCUT2D eigenvalue weighted by atomic mass is 10.1. The van der Waals surface area contributed by atoms with E-state index in [1.165, 1.54) is 23.3 Å². The lowest BCUT2D eigenvalue weighted by Gasteiger charge is -2.14. The fourth-order valence-electron chi connectivity index (χ4n) is 3.19. The van der Waals surface area contributed by atoms with Gasteiger partial charge in [-0.3, -0.25) is 9.48 Å². The van der Waals surface area contributed by atoms with Crippen molar-refractivity contribution in [2.24, 2.45) is 7.05 Å². The van der Waals surface area contributed by atoms with Crippen molar-refractivity contribution >= 4 is 16.9 Å². The lowest BCUT2D eigenvalue weighted by molar-refractivity contribution is 0.0919. The van der Waals surface area contributed by atoms with Crippen molar-refractivity contribution in [2.45, 2.75) is 31.9 Å². The van der Waals surface area contributed by atoms with E-state index < -0.39 is 18.0 Å². The first-order chi connectivity index (χ1) is 12.0. The molecule has 1 aliphatic heterocycles. The Morgan fingerprint density at radius 2 is 2.20 bits per heavy atom. The van der Waals surface area contributed by atoms with Gasteiger partial charge in [-0.05, 0) is 19.4 Å². The average Bonchev–Trinajstić information content (AvgIpc) is 3.26. The maximum atomic E-state index is 13.4. The third-order valence-electron chi connectivity index (χ3n) is 4.43. The second-order valence-corrected chi connectivity index (χ2v) is 6.07. The fourth-order valence-corrected chi connectivity index (χ4v) is 3.19. The minimum absolute atomic E-state index is 0.0787. The number of rotatable bonds is 3. The molecule has 1 amide bonds. The Bertz CT molecular complexity index is 964. The summed E-state index contributed by atoms with van der Waals surface area (Å²) in [6.07, 6.45) is 0.548. The Labute approximate surface area is 140 Å². The van der Waals surface area contributed by atoms with Gasteiger partial charge in [0.25, 0.3) is 12.3 Å². The molecule has 0 aromatic carbocycles. The van der Waals surface area contributed by atoms with E-state index in [0.717, 1.165) is 0 Å². The van der Waals surface area contributed by atoms with E-state index in [9.17, 15) is 13.6 Å². The number of nitrogens with one attached hydrogen (secondary N) is 1. The van der Waals surface area contributed by atoms with Gasteiger partial charge in [0, 0.05) is 7.05 Å². The van der Waals surface area contributed by atoms with Gasteiger partial charge in [0.1, 0.15) is 23.4 Å². The van der Waals surface area contributed by atoms with Crippen LogP contribution in [-0.2, 0) is 7.05 Å². The molecule has 0 saturated carbocycles. The minimum Gasteiger partial charge on any atom is -0.342 e. The number of nitrogens with zero attached hydrogens (tertiary/aromatic N) is 6. The molecular weight excluding hydrogens is 332 g/mol. The molecule has 1 aliphatic rings. The van der Waals surface area contributed by atoms with Crippen molar-refractivity contribution in [3.63, 3.8) is 0 Å². The number of pyridine rings is 1. The number of amides is 1. The van der Waals surface area contributed by atoms with Crippen LogP contribution in [-0.4, -0.2) is 35.4 Å². The molecule has 2 unspecified atom stereocenters. The molecule has 0 radical (unpaired) electrons. The first-order valence-electron chi connectivity index (χ1n) is 7.76. The molecule has 4 rings (SSSR count). The van der Waals surface area contributed by atoms with Crippen LogP contribution in [0.3, 0.4) is 0 Å². The second-order valence-electron chi connectivity index (χ2n) is 6.07. The molecule has 0 fully saturated rings. The van der Waals surface area contributed by atoms with Crippen molar-refractivity contribution in [1.29, 1.82) is 0 Å². The standard InChI is InChI=1S/C15H15F2N7O/c1-7-3-9(14-18-6-20-24(7)14)22-15(25)8-4-11-10(5-19-23(11)2)21-12(8)13(16)17/h4-7,9,13H,3H2,1-2H3,(H,22,25). The van der Waals surface area contributed by atoms with Crippen LogP contribution in [0.1, 0.15) is 53.7 Å². The Morgan fingerprint density at radius 1 is 1.40 bits per heavy atom. The summed E-state index contributed by atoms with van der Waals surface area (Å²) < 4.78 is 30.0. The highest BCUT2D eigenvalue weighted by Crippen LogP contribution is 2.32. The van der Waals surface area contributed by atoms with Crippen LogP contribution in [0.4, 0.5) is 8.78 Å². The van der Waals surface area contributed by atoms with Crippen molar-refractivity contribution in [2.75, 3.05) is 0 Å². The van der Waals surface area contributed by atoms with Gasteiger partial charge in [-0.15, -0.1) is 0 Å². The number of hydrogen-bond acceptors (Lipinski definition) is 5. The maximum Gasteiger partial charge on any atom is 0.281 e. The average molecular weight is 347 g/mol. The smallest absolute Gasteiger partial charge is 0.281 e. The maximum absolute atomic E-state index is 13.4. The minimum atomic E-state index is -2.86. The summed E-state index contributed by atoms with van der Waals surface area (Å²) in [4.78, 5) is 20.7. The lowest BCUT2D eigenvalue weighted by Crippen LogP contribution is -2.29. The predicted molar refractivity (Wildman–Crippen MR) is 83.0 cm³/mol. The molecule has 3 aromatic heterocycles. The predicted octanol–water partition coefficient (Wildman–Crippen LogP) is 1.93. The highest BCUT2D eigenvalue weighted by atomic mass is 19.3. The summed E-state index contributed by atoms with van der Waals surface area (Å²) in [6.45, 7) is 1.96. The number of carbonyl (C=O) groups excluding carboxylic acids is 1. The summed E-state index contributed by atoms with van der Waals surface area (Å²) in [7, 11) is 1.66. The third kappa shape index (κ3) is 2.44. The van der Waals surface area contributed by atoms with Crippen LogP contribution in [0.5, 0.6) is 0 Å². The Hall–Kier alpha value is -2.91. The molecule has 10 heteroatoms. The largest absolute Gasteiger partial charge is 0.342 e. The fraction of sp³-hybridized carbons (Fsp3) is 0.400. The molecule has 0 saturated heterocycles. The Balaban J connectivity index is 1.70. The van der Waals surface area contributed by atoms with Crippen LogP contribution >= 0.6 is 0 Å². The van der Waals surface area contributed by atoms with E-state index >= 15 is 0 Å². The molecule has 0 aliphatic carbocycles. The van der Waals surface area contributed by atoms with E-state index in [1.807, 2.05) is 6.92 Å². The molecule has 3 aromatic rings. The molecule has 4 heterocycles. The SMILES string of the molecule is CC1CC(NC(=O)c2cc3c(cnn3C)nc2C(F)F)c2ncnn21. The van der Waals surface area contributed by atoms with Gasteiger partial charge >= 0.3 is 0 Å². The topological polar surface area (TPSA) is 90.5 Å². The highest BCUT2D eigenvalue weighted by Gasteiger charge is 2.33. The van der Waals surface area contributed by atoms with Crippen LogP contribution < -0.4 is 5.32 Å². The number of carbonyl (C=O) groups is 1. The molecule has 0 bridgehead atoms. The highest BCUT2D eigenvalue weighted by molar-refractivity contribution is 5.98. The number of hydrogen-bond donors (Lipinski definition) is 1. The van der Waals surface area contributed by atoms with Gasteiger partial charge in [0.15, 0.2) is 0 Å². The summed E-state index contributed by atoms with van der Waals surface area (Å²) in [5, 5.41) is 10.9. The third-order valence-corrected chi connectivity index (χ3v) is 4.43. The molecule has 1 N–H and O–H groups in total. The Morgan fingerprint density at radius 3 is 2.96 bits per heavy atom. The van der Waals surface area contributed by atoms with Crippen LogP contribution in [0.25, 0.3) is 11.0 Å². The molecule has 0 spiro atoms. The van der Waals surface area contributed by atoms with Gasteiger partial charge in [-0.25, -0.2) is 23.4 Å². The molecule has 8 nitrogen and oxygen atoms in total. The number of halogens is 2. The summed E-state index contributed by atoms with van der Waals surface area (Å²) in [5.74, 6) is 0.00793. The summed E-state index contributed by atoms with van der Waals surface area (Å²) in [6, 6.07) is 1.10. The van der Waals surface area contributed by atoms with Gasteiger partial charge in [-0.2, -0.15) is 10.2 Å². The first-order valence-corrected chi connectivity index (χ1v) is 7.76. The number of aromatic nitrogens is 6. The van der Waals surface area contributed by atoms with E-state index in [-0.39, 0.29) is 17.6 Å². The second kappa shape index (κ2) is 5.57. The normalized spacial score (nSPS) is 19.6. The number of fused-ring (bicyclic) bond motifs is 2. The van der Waals surface area contributed by atoms with Crippen LogP contribution in [0, 0.1) is 0 Å².